The van der Waals surface area contributed by atoms with Crippen LogP contribution in [0.5, 0.6) is 0 Å². The van der Waals surface area contributed by atoms with Crippen molar-refractivity contribution in [2.75, 3.05) is 20.1 Å². The molecule has 29 heavy (non-hydrogen) atoms. The average molecular weight is 398 g/mol. The van der Waals surface area contributed by atoms with Crippen LogP contribution < -0.4 is 0 Å². The first-order chi connectivity index (χ1) is 13.9. The standard InChI is InChI=1S/C23H31N3O3/c1-4-18-8-7-9-19(14-18)23(10-5-6-11-23)15-20(24-16-27)26-13-12-25(3)22(29)21(26)17(2)28/h7-9,14,16,28H,4-6,10-13,15H2,1-3H3/b21-17+,24-20?. The van der Waals surface area contributed by atoms with Crippen molar-refractivity contribution in [3.63, 3.8) is 0 Å². The van der Waals surface area contributed by atoms with Crippen LogP contribution in [0.2, 0.25) is 0 Å². The Morgan fingerprint density at radius 1 is 1.28 bits per heavy atom. The number of hydrogen-bond donors (Lipinski definition) is 1. The van der Waals surface area contributed by atoms with Gasteiger partial charge in [0.25, 0.3) is 5.91 Å². The molecule has 0 atom stereocenters. The fraction of sp³-hybridized carbons (Fsp3) is 0.522. The quantitative estimate of drug-likeness (QED) is 0.271. The third kappa shape index (κ3) is 4.21. The van der Waals surface area contributed by atoms with Crippen LogP contribution in [-0.2, 0) is 21.4 Å². The van der Waals surface area contributed by atoms with E-state index in [1.165, 1.54) is 18.1 Å². The topological polar surface area (TPSA) is 73.2 Å². The van der Waals surface area contributed by atoms with Crippen LogP contribution >= 0.6 is 0 Å². The fourth-order valence-corrected chi connectivity index (χ4v) is 4.68. The molecular formula is C23H31N3O3. The van der Waals surface area contributed by atoms with Gasteiger partial charge in [-0.05, 0) is 37.3 Å². The van der Waals surface area contributed by atoms with Crippen molar-refractivity contribution in [1.82, 2.24) is 9.80 Å². The second kappa shape index (κ2) is 8.80. The van der Waals surface area contributed by atoms with Crippen molar-refractivity contribution < 1.29 is 14.7 Å². The van der Waals surface area contributed by atoms with Gasteiger partial charge in [-0.15, -0.1) is 0 Å². The van der Waals surface area contributed by atoms with E-state index in [1.807, 2.05) is 0 Å². The predicted octanol–water partition coefficient (Wildman–Crippen LogP) is 3.57. The summed E-state index contributed by atoms with van der Waals surface area (Å²) in [5, 5.41) is 10.2. The number of piperazine rings is 1. The van der Waals surface area contributed by atoms with E-state index in [0.29, 0.717) is 31.8 Å². The molecule has 1 saturated carbocycles. The lowest BCUT2D eigenvalue weighted by Crippen LogP contribution is -2.50. The summed E-state index contributed by atoms with van der Waals surface area (Å²) in [6, 6.07) is 8.69. The molecule has 1 aliphatic carbocycles. The smallest absolute Gasteiger partial charge is 0.273 e. The van der Waals surface area contributed by atoms with E-state index >= 15 is 0 Å². The van der Waals surface area contributed by atoms with Crippen molar-refractivity contribution in [3.8, 4) is 0 Å². The Labute approximate surface area is 172 Å². The first kappa shape index (κ1) is 21.1. The Balaban J connectivity index is 2.00. The monoisotopic (exact) mass is 397 g/mol. The molecule has 0 radical (unpaired) electrons. The molecule has 6 nitrogen and oxygen atoms in total. The van der Waals surface area contributed by atoms with Gasteiger partial charge in [0, 0.05) is 32.0 Å². The second-order valence-corrected chi connectivity index (χ2v) is 8.18. The van der Waals surface area contributed by atoms with E-state index in [-0.39, 0.29) is 22.8 Å². The number of allylic oxidation sites excluding steroid dienone is 1. The number of aliphatic hydroxyl groups excluding tert-OH is 1. The van der Waals surface area contributed by atoms with Gasteiger partial charge in [0.2, 0.25) is 6.41 Å². The SMILES string of the molecule is CCc1cccc(C2(CC(=NC=O)N3CCN(C)C(=O)/C3=C(/C)O)CCCC2)c1. The molecule has 156 valence electrons. The van der Waals surface area contributed by atoms with E-state index in [2.05, 4.69) is 36.2 Å². The van der Waals surface area contributed by atoms with E-state index in [9.17, 15) is 14.7 Å². The number of hydrogen-bond acceptors (Lipinski definition) is 3. The van der Waals surface area contributed by atoms with Gasteiger partial charge in [0.05, 0.1) is 0 Å². The number of amidine groups is 1. The molecule has 3 rings (SSSR count). The number of carbonyl (C=O) groups is 2. The Bertz CT molecular complexity index is 834. The highest BCUT2D eigenvalue weighted by molar-refractivity contribution is 6.01. The van der Waals surface area contributed by atoms with Crippen LogP contribution in [-0.4, -0.2) is 53.2 Å². The molecule has 1 heterocycles. The Kier molecular flexibility index (Phi) is 6.40. The minimum absolute atomic E-state index is 0.0476. The van der Waals surface area contributed by atoms with Crippen molar-refractivity contribution in [1.29, 1.82) is 0 Å². The first-order valence-electron chi connectivity index (χ1n) is 10.4. The summed E-state index contributed by atoms with van der Waals surface area (Å²) in [5.74, 6) is 0.269. The highest BCUT2D eigenvalue weighted by atomic mass is 16.3. The highest BCUT2D eigenvalue weighted by Gasteiger charge is 2.40. The maximum atomic E-state index is 12.7. The molecule has 1 aromatic carbocycles. The number of benzene rings is 1. The molecule has 0 aromatic heterocycles. The summed E-state index contributed by atoms with van der Waals surface area (Å²) >= 11 is 0. The van der Waals surface area contributed by atoms with Gasteiger partial charge in [-0.1, -0.05) is 44.0 Å². The molecule has 0 unspecified atom stereocenters. The largest absolute Gasteiger partial charge is 0.510 e. The number of nitrogens with zero attached hydrogens (tertiary/aromatic N) is 3. The lowest BCUT2D eigenvalue weighted by molar-refractivity contribution is -0.129. The lowest BCUT2D eigenvalue weighted by Gasteiger charge is -2.39. The number of aliphatic imine (C=N–C) groups is 1. The molecule has 1 aliphatic heterocycles. The van der Waals surface area contributed by atoms with Gasteiger partial charge >= 0.3 is 0 Å². The normalized spacial score (nSPS) is 21.5. The second-order valence-electron chi connectivity index (χ2n) is 8.18. The molecular weight excluding hydrogens is 366 g/mol. The fourth-order valence-electron chi connectivity index (χ4n) is 4.68. The number of amides is 2. The van der Waals surface area contributed by atoms with E-state index in [0.717, 1.165) is 32.1 Å². The Hall–Kier alpha value is -2.63. The average Bonchev–Trinajstić information content (AvgIpc) is 3.19. The summed E-state index contributed by atoms with van der Waals surface area (Å²) in [6.07, 6.45) is 6.42. The third-order valence-electron chi connectivity index (χ3n) is 6.34. The Morgan fingerprint density at radius 3 is 2.62 bits per heavy atom. The van der Waals surface area contributed by atoms with Crippen molar-refractivity contribution in [3.05, 3.63) is 46.8 Å². The van der Waals surface area contributed by atoms with Gasteiger partial charge in [-0.3, -0.25) is 9.59 Å². The van der Waals surface area contributed by atoms with Gasteiger partial charge in [0.1, 0.15) is 17.3 Å². The van der Waals surface area contributed by atoms with Crippen LogP contribution in [0.25, 0.3) is 0 Å². The first-order valence-corrected chi connectivity index (χ1v) is 10.4. The summed E-state index contributed by atoms with van der Waals surface area (Å²) in [5.41, 5.74) is 2.69. The lowest BCUT2D eigenvalue weighted by atomic mass is 9.75. The van der Waals surface area contributed by atoms with Crippen molar-refractivity contribution >= 4 is 18.2 Å². The minimum atomic E-state index is -0.247. The van der Waals surface area contributed by atoms with Crippen LogP contribution in [0, 0.1) is 0 Å². The predicted molar refractivity (Wildman–Crippen MR) is 114 cm³/mol. The molecule has 1 aromatic rings. The summed E-state index contributed by atoms with van der Waals surface area (Å²) in [6.45, 7) is 4.68. The highest BCUT2D eigenvalue weighted by Crippen LogP contribution is 2.45. The van der Waals surface area contributed by atoms with Crippen LogP contribution in [0.1, 0.15) is 57.1 Å². The molecule has 2 aliphatic rings. The number of carbonyl (C=O) groups excluding carboxylic acids is 2. The zero-order chi connectivity index (χ0) is 21.0. The van der Waals surface area contributed by atoms with Gasteiger partial charge in [-0.25, -0.2) is 4.99 Å². The van der Waals surface area contributed by atoms with E-state index < -0.39 is 0 Å². The van der Waals surface area contributed by atoms with Crippen LogP contribution in [0.4, 0.5) is 0 Å². The van der Waals surface area contributed by atoms with Crippen LogP contribution in [0.3, 0.4) is 0 Å². The van der Waals surface area contributed by atoms with Gasteiger partial charge in [-0.2, -0.15) is 0 Å². The molecule has 2 amide bonds. The minimum Gasteiger partial charge on any atom is -0.510 e. The maximum Gasteiger partial charge on any atom is 0.273 e. The maximum absolute atomic E-state index is 12.7. The molecule has 0 bridgehead atoms. The van der Waals surface area contributed by atoms with Crippen LogP contribution in [0.15, 0.2) is 40.7 Å². The summed E-state index contributed by atoms with van der Waals surface area (Å²) < 4.78 is 0. The Morgan fingerprint density at radius 2 is 2.00 bits per heavy atom. The third-order valence-corrected chi connectivity index (χ3v) is 6.34. The zero-order valence-electron chi connectivity index (χ0n) is 17.6. The van der Waals surface area contributed by atoms with E-state index in [4.69, 9.17) is 0 Å². The van der Waals surface area contributed by atoms with Gasteiger partial charge < -0.3 is 14.9 Å². The number of rotatable bonds is 5. The summed E-state index contributed by atoms with van der Waals surface area (Å²) in [7, 11) is 1.72. The molecule has 2 fully saturated rings. The molecule has 6 heteroatoms. The zero-order valence-corrected chi connectivity index (χ0v) is 17.6. The van der Waals surface area contributed by atoms with Crippen molar-refractivity contribution in [2.45, 2.75) is 57.8 Å². The number of likely N-dealkylation sites (N-methyl/N-ethyl adjacent to an activating group) is 1. The molecule has 0 spiro atoms. The van der Waals surface area contributed by atoms with Gasteiger partial charge in [0.15, 0.2) is 0 Å². The molecule has 1 N–H and O–H groups in total. The number of aliphatic hydroxyl groups is 1. The molecule has 1 saturated heterocycles. The van der Waals surface area contributed by atoms with E-state index in [1.54, 1.807) is 16.8 Å². The van der Waals surface area contributed by atoms with Crippen molar-refractivity contribution in [2.24, 2.45) is 4.99 Å². The number of aryl methyl sites for hydroxylation is 1. The summed E-state index contributed by atoms with van der Waals surface area (Å²) in [4.78, 5) is 31.6.